The van der Waals surface area contributed by atoms with E-state index < -0.39 is 24.2 Å². The molecule has 0 atom stereocenters. The lowest BCUT2D eigenvalue weighted by molar-refractivity contribution is 0.671. The number of fused-ring (bicyclic) bond motifs is 10. The molecule has 0 amide bonds. The first kappa shape index (κ1) is 14.6. The summed E-state index contributed by atoms with van der Waals surface area (Å²) < 4.78 is 79.9. The summed E-state index contributed by atoms with van der Waals surface area (Å²) in [7, 11) is 0. The average molecular weight is 507 g/mol. The van der Waals surface area contributed by atoms with Crippen LogP contribution in [-0.2, 0) is 0 Å². The summed E-state index contributed by atoms with van der Waals surface area (Å²) in [6.07, 6.45) is 0. The molecule has 3 aromatic heterocycles. The van der Waals surface area contributed by atoms with Crippen LogP contribution in [0.5, 0.6) is 0 Å². The fourth-order valence-corrected chi connectivity index (χ4v) is 5.99. The maximum atomic E-state index is 9.02. The number of aromatic nitrogens is 2. The van der Waals surface area contributed by atoms with Gasteiger partial charge in [-0.3, -0.25) is 0 Å². The van der Waals surface area contributed by atoms with Gasteiger partial charge in [0.25, 0.3) is 0 Å². The highest BCUT2D eigenvalue weighted by molar-refractivity contribution is 6.21. The normalized spacial score (nSPS) is 15.0. The van der Waals surface area contributed by atoms with E-state index in [-0.39, 0.29) is 46.0 Å². The van der Waals surface area contributed by atoms with Crippen LogP contribution < -0.4 is 0 Å². The molecule has 0 N–H and O–H groups in total. The van der Waals surface area contributed by atoms with Gasteiger partial charge in [-0.1, -0.05) is 90.9 Å². The lowest BCUT2D eigenvalue weighted by Crippen LogP contribution is -2.03. The minimum absolute atomic E-state index is 0.0368. The van der Waals surface area contributed by atoms with E-state index in [0.29, 0.717) is 17.0 Å². The molecule has 39 heavy (non-hydrogen) atoms. The molecule has 3 heterocycles. The zero-order valence-electron chi connectivity index (χ0n) is 28.4. The Bertz CT molecular complexity index is 2770. The Morgan fingerprint density at radius 3 is 1.82 bits per heavy atom. The maximum Gasteiger partial charge on any atom is 0.160 e. The smallest absolute Gasteiger partial charge is 0.160 e. The minimum atomic E-state index is -0.475. The molecule has 0 aliphatic rings. The van der Waals surface area contributed by atoms with Crippen molar-refractivity contribution in [2.75, 3.05) is 0 Å². The SMILES string of the molecule is [2H]c1c([2H])c([2H])c2c(c1[2H])c1c([2H])c([2H])c([2H])c([2H])c1n2-c1ccccc1-n1c2ccccc2c2ccc3c4ccccc4oc3c21. The summed E-state index contributed by atoms with van der Waals surface area (Å²) in [5.74, 6) is 0. The predicted molar refractivity (Wildman–Crippen MR) is 162 cm³/mol. The van der Waals surface area contributed by atoms with Gasteiger partial charge in [-0.05, 0) is 42.4 Å². The van der Waals surface area contributed by atoms with E-state index in [2.05, 4.69) is 16.7 Å². The summed E-state index contributed by atoms with van der Waals surface area (Å²) in [6, 6.07) is 24.0. The van der Waals surface area contributed by atoms with Gasteiger partial charge >= 0.3 is 0 Å². The predicted octanol–water partition coefficient (Wildman–Crippen LogP) is 9.78. The van der Waals surface area contributed by atoms with E-state index in [4.69, 9.17) is 15.4 Å². The topological polar surface area (TPSA) is 23.0 Å². The van der Waals surface area contributed by atoms with E-state index >= 15 is 0 Å². The van der Waals surface area contributed by atoms with Crippen molar-refractivity contribution < 1.29 is 15.4 Å². The van der Waals surface area contributed by atoms with Gasteiger partial charge in [-0.15, -0.1) is 0 Å². The molecule has 0 fully saturated rings. The molecule has 0 bridgehead atoms. The third kappa shape index (κ3) is 2.71. The lowest BCUT2D eigenvalue weighted by Gasteiger charge is -2.16. The number of rotatable bonds is 2. The number of furan rings is 1. The Balaban J connectivity index is 1.53. The molecule has 0 spiro atoms. The quantitative estimate of drug-likeness (QED) is 0.229. The van der Waals surface area contributed by atoms with Crippen molar-refractivity contribution >= 4 is 65.6 Å². The third-order valence-corrected chi connectivity index (χ3v) is 7.58. The first-order chi connectivity index (χ1) is 22.7. The second-order valence-electron chi connectivity index (χ2n) is 9.56. The van der Waals surface area contributed by atoms with Gasteiger partial charge in [-0.2, -0.15) is 0 Å². The molecule has 0 aliphatic heterocycles. The Hall–Kier alpha value is -5.28. The van der Waals surface area contributed by atoms with Gasteiger partial charge in [0.2, 0.25) is 0 Å². The number of hydrogen-bond donors (Lipinski definition) is 0. The van der Waals surface area contributed by atoms with Gasteiger partial charge in [-0.25, -0.2) is 0 Å². The van der Waals surface area contributed by atoms with Crippen molar-refractivity contribution in [1.29, 1.82) is 0 Å². The second-order valence-corrected chi connectivity index (χ2v) is 9.56. The van der Waals surface area contributed by atoms with E-state index in [1.54, 1.807) is 16.7 Å². The molecule has 0 aliphatic carbocycles. The molecule has 0 radical (unpaired) electrons. The summed E-state index contributed by atoms with van der Waals surface area (Å²) in [5.41, 5.74) is 4.34. The van der Waals surface area contributed by atoms with Crippen molar-refractivity contribution in [2.24, 2.45) is 0 Å². The molecule has 9 rings (SSSR count). The summed E-state index contributed by atoms with van der Waals surface area (Å²) >= 11 is 0. The van der Waals surface area contributed by atoms with Crippen LogP contribution in [0.2, 0.25) is 0 Å². The van der Waals surface area contributed by atoms with Crippen LogP contribution in [0.3, 0.4) is 0 Å². The van der Waals surface area contributed by atoms with Crippen molar-refractivity contribution in [3.8, 4) is 11.4 Å². The monoisotopic (exact) mass is 506 g/mol. The summed E-state index contributed by atoms with van der Waals surface area (Å²) in [5, 5.41) is 3.92. The van der Waals surface area contributed by atoms with Gasteiger partial charge in [0.1, 0.15) is 5.58 Å². The van der Waals surface area contributed by atoms with Gasteiger partial charge < -0.3 is 13.6 Å². The van der Waals surface area contributed by atoms with E-state index in [9.17, 15) is 0 Å². The Morgan fingerprint density at radius 1 is 0.462 bits per heavy atom. The highest BCUT2D eigenvalue weighted by Gasteiger charge is 2.21. The van der Waals surface area contributed by atoms with Gasteiger partial charge in [0.15, 0.2) is 5.58 Å². The van der Waals surface area contributed by atoms with Crippen LogP contribution in [0.25, 0.3) is 76.9 Å². The van der Waals surface area contributed by atoms with Crippen LogP contribution in [-0.4, -0.2) is 9.13 Å². The van der Waals surface area contributed by atoms with Crippen molar-refractivity contribution in [3.63, 3.8) is 0 Å². The third-order valence-electron chi connectivity index (χ3n) is 7.58. The average Bonchev–Trinajstić information content (AvgIpc) is 3.76. The molecule has 182 valence electrons. The largest absolute Gasteiger partial charge is 0.454 e. The zero-order chi connectivity index (χ0) is 32.5. The first-order valence-corrected chi connectivity index (χ1v) is 12.6. The van der Waals surface area contributed by atoms with Crippen LogP contribution in [0.4, 0.5) is 0 Å². The molecule has 6 aromatic carbocycles. The lowest BCUT2D eigenvalue weighted by atomic mass is 10.1. The van der Waals surface area contributed by atoms with Crippen molar-refractivity contribution in [3.05, 3.63) is 133 Å². The molecule has 0 saturated heterocycles. The van der Waals surface area contributed by atoms with E-state index in [1.165, 1.54) is 0 Å². The molecule has 9 aromatic rings. The standard InChI is InChI=1S/C36H22N2O/c1-5-15-29-23(11-1)24-12-2-6-16-30(24)37(29)32-18-8-9-19-33(32)38-31-17-7-3-13-25(31)27-21-22-28-26-14-4-10-20-34(26)39-36(28)35(27)38/h1-22H/i1D,2D,5D,6D,11D,12D,15D,16D. The number of benzene rings is 6. The maximum absolute atomic E-state index is 9.02. The molecule has 0 unspecified atom stereocenters. The van der Waals surface area contributed by atoms with Crippen LogP contribution in [0.15, 0.2) is 138 Å². The highest BCUT2D eigenvalue weighted by Crippen LogP contribution is 2.42. The first-order valence-electron chi connectivity index (χ1n) is 16.6. The minimum Gasteiger partial charge on any atom is -0.454 e. The van der Waals surface area contributed by atoms with Gasteiger partial charge in [0.05, 0.1) is 44.4 Å². The van der Waals surface area contributed by atoms with Crippen molar-refractivity contribution in [1.82, 2.24) is 9.13 Å². The Morgan fingerprint density at radius 2 is 1.05 bits per heavy atom. The van der Waals surface area contributed by atoms with Crippen molar-refractivity contribution in [2.45, 2.75) is 0 Å². The molecule has 3 heteroatoms. The molecular weight excluding hydrogens is 476 g/mol. The number of hydrogen-bond acceptors (Lipinski definition) is 1. The number of nitrogens with zero attached hydrogens (tertiary/aromatic N) is 2. The number of para-hydroxylation sites is 6. The fraction of sp³-hybridized carbons (Fsp3) is 0. The molecular formula is C36H22N2O. The Kier molecular flexibility index (Phi) is 2.85. The summed E-state index contributed by atoms with van der Waals surface area (Å²) in [6.45, 7) is 0. The molecule has 0 saturated carbocycles. The second kappa shape index (κ2) is 7.62. The zero-order valence-corrected chi connectivity index (χ0v) is 20.4. The Labute approximate surface area is 235 Å². The van der Waals surface area contributed by atoms with E-state index in [1.807, 2.05) is 60.7 Å². The van der Waals surface area contributed by atoms with Gasteiger partial charge in [0, 0.05) is 32.3 Å². The molecule has 3 nitrogen and oxygen atoms in total. The summed E-state index contributed by atoms with van der Waals surface area (Å²) in [4.78, 5) is 0. The van der Waals surface area contributed by atoms with Crippen LogP contribution in [0.1, 0.15) is 11.0 Å². The van der Waals surface area contributed by atoms with Crippen LogP contribution >= 0.6 is 0 Å². The van der Waals surface area contributed by atoms with Crippen LogP contribution in [0, 0.1) is 0 Å². The fourth-order valence-electron chi connectivity index (χ4n) is 5.99. The van der Waals surface area contributed by atoms with E-state index in [0.717, 1.165) is 38.2 Å². The highest BCUT2D eigenvalue weighted by atomic mass is 16.3.